The van der Waals surface area contributed by atoms with Crippen molar-refractivity contribution in [1.29, 1.82) is 0 Å². The monoisotopic (exact) mass is 319 g/mol. The lowest BCUT2D eigenvalue weighted by molar-refractivity contribution is -0.384. The number of cyclic esters (lactones) is 1. The van der Waals surface area contributed by atoms with Gasteiger partial charge in [0.15, 0.2) is 0 Å². The second-order valence-corrected chi connectivity index (χ2v) is 5.81. The average Bonchev–Trinajstić information content (AvgIpc) is 2.83. The molecule has 0 aliphatic carbocycles. The number of likely N-dealkylation sites (N-methyl/N-ethyl adjacent to an activating group) is 1. The Balaban J connectivity index is 1.73. The third-order valence-corrected chi connectivity index (χ3v) is 4.28. The number of hydrogen-bond donors (Lipinski definition) is 0. The number of carbonyl (C=O) groups excluding carboxylic acids is 2. The summed E-state index contributed by atoms with van der Waals surface area (Å²) in [6.07, 6.45) is -0.592. The van der Waals surface area contributed by atoms with Crippen LogP contribution in [0.5, 0.6) is 0 Å². The maximum Gasteiger partial charge on any atom is 0.339 e. The molecule has 2 aliphatic heterocycles. The van der Waals surface area contributed by atoms with Crippen LogP contribution in [0.2, 0.25) is 0 Å². The second kappa shape index (κ2) is 5.96. The van der Waals surface area contributed by atoms with E-state index in [4.69, 9.17) is 4.74 Å². The Hall–Kier alpha value is -2.48. The van der Waals surface area contributed by atoms with Gasteiger partial charge in [0.05, 0.1) is 16.9 Å². The SMILES string of the molecule is CN1CCN(C(=O)C[C@@H]2OC(=O)c3cc([N+](=O)[O-])ccc32)CC1. The van der Waals surface area contributed by atoms with Gasteiger partial charge in [-0.25, -0.2) is 4.79 Å². The molecule has 1 aromatic carbocycles. The summed E-state index contributed by atoms with van der Waals surface area (Å²) < 4.78 is 5.23. The Morgan fingerprint density at radius 2 is 2.04 bits per heavy atom. The molecule has 2 aliphatic rings. The van der Waals surface area contributed by atoms with E-state index in [1.165, 1.54) is 18.2 Å². The number of esters is 1. The van der Waals surface area contributed by atoms with E-state index < -0.39 is 17.0 Å². The highest BCUT2D eigenvalue weighted by atomic mass is 16.6. The van der Waals surface area contributed by atoms with Gasteiger partial charge in [-0.1, -0.05) is 0 Å². The Morgan fingerprint density at radius 3 is 2.70 bits per heavy atom. The van der Waals surface area contributed by atoms with Gasteiger partial charge in [-0.3, -0.25) is 14.9 Å². The molecule has 1 atom stereocenters. The highest BCUT2D eigenvalue weighted by molar-refractivity contribution is 5.95. The largest absolute Gasteiger partial charge is 0.453 e. The van der Waals surface area contributed by atoms with E-state index in [0.717, 1.165) is 13.1 Å². The molecular formula is C15H17N3O5. The highest BCUT2D eigenvalue weighted by Gasteiger charge is 2.35. The zero-order chi connectivity index (χ0) is 16.6. The zero-order valence-corrected chi connectivity index (χ0v) is 12.7. The maximum atomic E-state index is 12.4. The Bertz CT molecular complexity index is 667. The number of benzene rings is 1. The summed E-state index contributed by atoms with van der Waals surface area (Å²) in [4.78, 5) is 38.4. The van der Waals surface area contributed by atoms with E-state index in [2.05, 4.69) is 4.90 Å². The molecule has 1 saturated heterocycles. The van der Waals surface area contributed by atoms with E-state index in [1.807, 2.05) is 7.05 Å². The van der Waals surface area contributed by atoms with Crippen molar-refractivity contribution >= 4 is 17.6 Å². The Kier molecular flexibility index (Phi) is 3.99. The third-order valence-electron chi connectivity index (χ3n) is 4.28. The number of piperazine rings is 1. The van der Waals surface area contributed by atoms with Crippen molar-refractivity contribution in [2.75, 3.05) is 33.2 Å². The van der Waals surface area contributed by atoms with Gasteiger partial charge in [0.2, 0.25) is 5.91 Å². The predicted molar refractivity (Wildman–Crippen MR) is 79.9 cm³/mol. The van der Waals surface area contributed by atoms with Crippen LogP contribution in [0, 0.1) is 10.1 Å². The second-order valence-electron chi connectivity index (χ2n) is 5.81. The summed E-state index contributed by atoms with van der Waals surface area (Å²) in [5, 5.41) is 10.8. The first-order chi connectivity index (χ1) is 11.0. The minimum atomic E-state index is -0.662. The molecule has 122 valence electrons. The Labute approximate surface area is 132 Å². The van der Waals surface area contributed by atoms with Gasteiger partial charge in [0.1, 0.15) is 6.10 Å². The van der Waals surface area contributed by atoms with Gasteiger partial charge in [0, 0.05) is 43.9 Å². The molecule has 0 bridgehead atoms. The smallest absolute Gasteiger partial charge is 0.339 e. The molecule has 1 fully saturated rings. The molecule has 0 radical (unpaired) electrons. The Morgan fingerprint density at radius 1 is 1.35 bits per heavy atom. The maximum absolute atomic E-state index is 12.4. The van der Waals surface area contributed by atoms with Crippen molar-refractivity contribution in [2.45, 2.75) is 12.5 Å². The zero-order valence-electron chi connectivity index (χ0n) is 12.7. The van der Waals surface area contributed by atoms with Crippen LogP contribution in [0.15, 0.2) is 18.2 Å². The molecule has 1 aromatic rings. The first kappa shape index (κ1) is 15.4. The summed E-state index contributed by atoms with van der Waals surface area (Å²) in [6.45, 7) is 2.95. The number of fused-ring (bicyclic) bond motifs is 1. The van der Waals surface area contributed by atoms with E-state index in [-0.39, 0.29) is 23.6 Å². The lowest BCUT2D eigenvalue weighted by Crippen LogP contribution is -2.47. The van der Waals surface area contributed by atoms with Crippen molar-refractivity contribution in [3.05, 3.63) is 39.4 Å². The molecule has 1 amide bonds. The number of nitrogens with zero attached hydrogens (tertiary/aromatic N) is 3. The summed E-state index contributed by atoms with van der Waals surface area (Å²) in [5.41, 5.74) is 0.560. The number of nitro groups is 1. The van der Waals surface area contributed by atoms with E-state index in [9.17, 15) is 19.7 Å². The first-order valence-corrected chi connectivity index (χ1v) is 7.41. The van der Waals surface area contributed by atoms with Crippen molar-refractivity contribution in [3.8, 4) is 0 Å². The summed E-state index contributed by atoms with van der Waals surface area (Å²) in [5.74, 6) is -0.679. The molecule has 0 spiro atoms. The van der Waals surface area contributed by atoms with E-state index in [0.29, 0.717) is 18.7 Å². The van der Waals surface area contributed by atoms with Gasteiger partial charge in [0.25, 0.3) is 5.69 Å². The number of non-ortho nitro benzene ring substituents is 1. The quantitative estimate of drug-likeness (QED) is 0.468. The molecule has 0 aromatic heterocycles. The summed E-state index contributed by atoms with van der Waals surface area (Å²) in [6, 6.07) is 4.03. The number of hydrogen-bond acceptors (Lipinski definition) is 6. The van der Waals surface area contributed by atoms with Crippen LogP contribution < -0.4 is 0 Å². The lowest BCUT2D eigenvalue weighted by Gasteiger charge is -2.32. The molecule has 3 rings (SSSR count). The predicted octanol–water partition coefficient (Wildman–Crippen LogP) is 0.970. The highest BCUT2D eigenvalue weighted by Crippen LogP contribution is 2.35. The van der Waals surface area contributed by atoms with Crippen LogP contribution in [0.4, 0.5) is 5.69 Å². The number of amides is 1. The fourth-order valence-electron chi connectivity index (χ4n) is 2.87. The van der Waals surface area contributed by atoms with Crippen molar-refractivity contribution in [2.24, 2.45) is 0 Å². The molecule has 23 heavy (non-hydrogen) atoms. The fourth-order valence-corrected chi connectivity index (χ4v) is 2.87. The molecule has 2 heterocycles. The normalized spacial score (nSPS) is 21.0. The van der Waals surface area contributed by atoms with Crippen LogP contribution in [0.1, 0.15) is 28.4 Å². The topological polar surface area (TPSA) is 93.0 Å². The number of carbonyl (C=O) groups is 2. The molecule has 0 unspecified atom stereocenters. The first-order valence-electron chi connectivity index (χ1n) is 7.41. The van der Waals surface area contributed by atoms with Gasteiger partial charge in [-0.15, -0.1) is 0 Å². The van der Waals surface area contributed by atoms with Gasteiger partial charge >= 0.3 is 5.97 Å². The number of nitro benzene ring substituents is 1. The summed E-state index contributed by atoms with van der Waals surface area (Å²) in [7, 11) is 2.00. The lowest BCUT2D eigenvalue weighted by atomic mass is 10.0. The van der Waals surface area contributed by atoms with E-state index in [1.54, 1.807) is 4.90 Å². The molecule has 0 saturated carbocycles. The number of ether oxygens (including phenoxy) is 1. The average molecular weight is 319 g/mol. The van der Waals surface area contributed by atoms with Gasteiger partial charge in [-0.05, 0) is 13.1 Å². The molecule has 8 nitrogen and oxygen atoms in total. The van der Waals surface area contributed by atoms with Gasteiger partial charge < -0.3 is 14.5 Å². The molecular weight excluding hydrogens is 302 g/mol. The van der Waals surface area contributed by atoms with Crippen LogP contribution in [0.25, 0.3) is 0 Å². The van der Waals surface area contributed by atoms with Crippen LogP contribution in [-0.2, 0) is 9.53 Å². The van der Waals surface area contributed by atoms with Gasteiger partial charge in [-0.2, -0.15) is 0 Å². The molecule has 8 heteroatoms. The number of rotatable bonds is 3. The van der Waals surface area contributed by atoms with Crippen molar-refractivity contribution < 1.29 is 19.2 Å². The molecule has 0 N–H and O–H groups in total. The fraction of sp³-hybridized carbons (Fsp3) is 0.467. The third kappa shape index (κ3) is 3.02. The minimum absolute atomic E-state index is 0.0675. The van der Waals surface area contributed by atoms with Crippen molar-refractivity contribution in [3.63, 3.8) is 0 Å². The van der Waals surface area contributed by atoms with Crippen LogP contribution in [0.3, 0.4) is 0 Å². The standard InChI is InChI=1S/C15H17N3O5/c1-16-4-6-17(7-5-16)14(19)9-13-11-3-2-10(18(21)22)8-12(11)15(20)23-13/h2-3,8,13H,4-7,9H2,1H3/t13-/m0/s1. The van der Waals surface area contributed by atoms with Crippen LogP contribution >= 0.6 is 0 Å². The van der Waals surface area contributed by atoms with E-state index >= 15 is 0 Å². The minimum Gasteiger partial charge on any atom is -0.453 e. The summed E-state index contributed by atoms with van der Waals surface area (Å²) >= 11 is 0. The van der Waals surface area contributed by atoms with Crippen molar-refractivity contribution in [1.82, 2.24) is 9.80 Å². The van der Waals surface area contributed by atoms with Crippen LogP contribution in [-0.4, -0.2) is 59.8 Å².